The van der Waals surface area contributed by atoms with E-state index in [1.54, 1.807) is 6.07 Å². The van der Waals surface area contributed by atoms with Crippen LogP contribution >= 0.6 is 0 Å². The van der Waals surface area contributed by atoms with Crippen LogP contribution in [0.4, 0.5) is 27.1 Å². The fourth-order valence-electron chi connectivity index (χ4n) is 4.18. The van der Waals surface area contributed by atoms with Crippen LogP contribution in [0.15, 0.2) is 72.8 Å². The average molecular weight is 473 g/mol. The minimum atomic E-state index is -0.290. The van der Waals surface area contributed by atoms with Crippen LogP contribution in [0.1, 0.15) is 35.3 Å². The summed E-state index contributed by atoms with van der Waals surface area (Å²) in [5.41, 5.74) is 5.74. The molecule has 0 aromatic heterocycles. The van der Waals surface area contributed by atoms with Crippen molar-refractivity contribution in [3.8, 4) is 0 Å². The van der Waals surface area contributed by atoms with Crippen LogP contribution in [0.25, 0.3) is 0 Å². The Bertz CT molecular complexity index is 1190. The second-order valence-corrected chi connectivity index (χ2v) is 8.84. The largest absolute Gasteiger partial charge is 0.364 e. The minimum Gasteiger partial charge on any atom is -0.364 e. The van der Waals surface area contributed by atoms with E-state index in [0.29, 0.717) is 16.9 Å². The maximum Gasteiger partial charge on any atom is 0.255 e. The molecule has 1 amide bonds. The number of anilines is 4. The smallest absolute Gasteiger partial charge is 0.255 e. The maximum atomic E-state index is 14.3. The summed E-state index contributed by atoms with van der Waals surface area (Å²) < 4.78 is 14.3. The van der Waals surface area contributed by atoms with Crippen LogP contribution < -0.4 is 15.5 Å². The van der Waals surface area contributed by atoms with Crippen LogP contribution in [-0.4, -0.2) is 37.0 Å². The molecule has 0 spiro atoms. The summed E-state index contributed by atoms with van der Waals surface area (Å²) >= 11 is 0. The minimum absolute atomic E-state index is 0.158. The predicted octanol–water partition coefficient (Wildman–Crippen LogP) is 6.35. The first kappa shape index (κ1) is 24.5. The molecule has 182 valence electrons. The van der Waals surface area contributed by atoms with Gasteiger partial charge in [-0.2, -0.15) is 0 Å². The van der Waals surface area contributed by atoms with E-state index in [1.807, 2.05) is 55.5 Å². The molecule has 6 heteroatoms. The van der Waals surface area contributed by atoms with Gasteiger partial charge < -0.3 is 15.5 Å². The molecule has 0 bridgehead atoms. The van der Waals surface area contributed by atoms with Crippen LogP contribution in [0.5, 0.6) is 0 Å². The summed E-state index contributed by atoms with van der Waals surface area (Å²) in [7, 11) is 0. The molecule has 1 heterocycles. The van der Waals surface area contributed by atoms with Gasteiger partial charge in [0.2, 0.25) is 0 Å². The second kappa shape index (κ2) is 11.2. The molecular formula is C29H33FN4O. The van der Waals surface area contributed by atoms with Gasteiger partial charge in [-0.15, -0.1) is 0 Å². The molecule has 0 unspecified atom stereocenters. The summed E-state index contributed by atoms with van der Waals surface area (Å²) in [5, 5.41) is 6.31. The average Bonchev–Trinajstić information content (AvgIpc) is 3.40. The number of hydrogen-bond acceptors (Lipinski definition) is 4. The molecule has 3 aromatic carbocycles. The zero-order chi connectivity index (χ0) is 24.8. The molecule has 5 nitrogen and oxygen atoms in total. The number of benzene rings is 3. The third-order valence-corrected chi connectivity index (χ3v) is 6.36. The molecule has 3 aromatic rings. The monoisotopic (exact) mass is 472 g/mol. The van der Waals surface area contributed by atoms with E-state index in [9.17, 15) is 9.18 Å². The normalized spacial score (nSPS) is 12.9. The topological polar surface area (TPSA) is 47.6 Å². The lowest BCUT2D eigenvalue weighted by Gasteiger charge is -2.19. The lowest BCUT2D eigenvalue weighted by Crippen LogP contribution is -2.22. The lowest BCUT2D eigenvalue weighted by atomic mass is 10.1. The van der Waals surface area contributed by atoms with Gasteiger partial charge in [0.1, 0.15) is 5.82 Å². The number of nitrogens with zero attached hydrogens (tertiary/aromatic N) is 2. The van der Waals surface area contributed by atoms with Crippen molar-refractivity contribution in [2.24, 2.45) is 0 Å². The first-order valence-electron chi connectivity index (χ1n) is 12.2. The Balaban J connectivity index is 1.45. The van der Waals surface area contributed by atoms with Crippen LogP contribution in [-0.2, 0) is 6.54 Å². The summed E-state index contributed by atoms with van der Waals surface area (Å²) in [5.74, 6) is -0.448. The van der Waals surface area contributed by atoms with Gasteiger partial charge in [-0.1, -0.05) is 44.2 Å². The van der Waals surface area contributed by atoms with Crippen molar-refractivity contribution in [1.82, 2.24) is 4.90 Å². The predicted molar refractivity (Wildman–Crippen MR) is 143 cm³/mol. The van der Waals surface area contributed by atoms with E-state index >= 15 is 0 Å². The van der Waals surface area contributed by atoms with Gasteiger partial charge in [0, 0.05) is 47.9 Å². The summed E-state index contributed by atoms with van der Waals surface area (Å²) in [6.45, 7) is 10.7. The van der Waals surface area contributed by atoms with E-state index in [0.717, 1.165) is 49.7 Å². The summed E-state index contributed by atoms with van der Waals surface area (Å²) in [6.07, 6.45) is 4.15. The van der Waals surface area contributed by atoms with Crippen molar-refractivity contribution < 1.29 is 9.18 Å². The van der Waals surface area contributed by atoms with Crippen LogP contribution in [0, 0.1) is 12.7 Å². The lowest BCUT2D eigenvalue weighted by molar-refractivity contribution is 0.102. The number of hydrogen-bond donors (Lipinski definition) is 2. The molecule has 0 fully saturated rings. The summed E-state index contributed by atoms with van der Waals surface area (Å²) in [6, 6.07) is 18.5. The number of halogens is 1. The molecular weight excluding hydrogens is 439 g/mol. The van der Waals surface area contributed by atoms with Crippen molar-refractivity contribution in [3.63, 3.8) is 0 Å². The highest BCUT2D eigenvalue weighted by atomic mass is 19.1. The zero-order valence-electron chi connectivity index (χ0n) is 20.6. The number of carbonyl (C=O) groups is 1. The van der Waals surface area contributed by atoms with Crippen LogP contribution in [0.3, 0.4) is 0 Å². The molecule has 1 aliphatic heterocycles. The van der Waals surface area contributed by atoms with E-state index in [1.165, 1.54) is 11.6 Å². The Morgan fingerprint density at radius 1 is 0.943 bits per heavy atom. The highest BCUT2D eigenvalue weighted by molar-refractivity contribution is 6.05. The SMILES string of the molecule is CCN(CC)Cc1ccc(C(=O)Nc2cc(Nc3cc(F)cc(N4CC=CC4)c3)ccc2C)cc1. The Morgan fingerprint density at radius 2 is 1.66 bits per heavy atom. The number of aryl methyl sites for hydroxylation is 1. The molecule has 4 rings (SSSR count). The van der Waals surface area contributed by atoms with Gasteiger partial charge in [-0.3, -0.25) is 9.69 Å². The Labute approximate surface area is 207 Å². The van der Waals surface area contributed by atoms with Crippen molar-refractivity contribution in [3.05, 3.63) is 95.3 Å². The molecule has 2 N–H and O–H groups in total. The molecule has 0 radical (unpaired) electrons. The quantitative estimate of drug-likeness (QED) is 0.356. The Hall–Kier alpha value is -3.64. The van der Waals surface area contributed by atoms with Crippen molar-refractivity contribution in [2.45, 2.75) is 27.3 Å². The molecule has 0 atom stereocenters. The Kier molecular flexibility index (Phi) is 7.83. The fraction of sp³-hybridized carbons (Fsp3) is 0.276. The van der Waals surface area contributed by atoms with Gasteiger partial charge in [-0.25, -0.2) is 4.39 Å². The van der Waals surface area contributed by atoms with E-state index in [4.69, 9.17) is 0 Å². The fourth-order valence-corrected chi connectivity index (χ4v) is 4.18. The van der Waals surface area contributed by atoms with Crippen molar-refractivity contribution >= 4 is 28.7 Å². The molecule has 0 saturated carbocycles. The third-order valence-electron chi connectivity index (χ3n) is 6.36. The van der Waals surface area contributed by atoms with E-state index in [2.05, 4.69) is 46.4 Å². The highest BCUT2D eigenvalue weighted by Crippen LogP contribution is 2.28. The number of nitrogens with one attached hydrogen (secondary N) is 2. The Morgan fingerprint density at radius 3 is 2.34 bits per heavy atom. The van der Waals surface area contributed by atoms with Gasteiger partial charge in [0.25, 0.3) is 5.91 Å². The number of amides is 1. The first-order chi connectivity index (χ1) is 16.9. The van der Waals surface area contributed by atoms with E-state index in [-0.39, 0.29) is 11.7 Å². The highest BCUT2D eigenvalue weighted by Gasteiger charge is 2.12. The van der Waals surface area contributed by atoms with Crippen LogP contribution in [0.2, 0.25) is 0 Å². The van der Waals surface area contributed by atoms with Gasteiger partial charge in [0.05, 0.1) is 0 Å². The molecule has 35 heavy (non-hydrogen) atoms. The molecule has 0 saturated heterocycles. The third kappa shape index (κ3) is 6.28. The zero-order valence-corrected chi connectivity index (χ0v) is 20.6. The standard InChI is InChI=1S/C29H33FN4O/c1-4-33(5-2)20-22-9-11-23(12-10-22)29(35)32-28-19-25(13-8-21(28)3)31-26-16-24(30)17-27(18-26)34-14-6-7-15-34/h6-13,16-19,31H,4-5,14-15,20H2,1-3H3,(H,32,35). The summed E-state index contributed by atoms with van der Waals surface area (Å²) in [4.78, 5) is 17.3. The number of rotatable bonds is 9. The molecule has 1 aliphatic rings. The van der Waals surface area contributed by atoms with Crippen molar-refractivity contribution in [1.29, 1.82) is 0 Å². The number of carbonyl (C=O) groups excluding carboxylic acids is 1. The van der Waals surface area contributed by atoms with Crippen molar-refractivity contribution in [2.75, 3.05) is 41.7 Å². The van der Waals surface area contributed by atoms with Gasteiger partial charge >= 0.3 is 0 Å². The second-order valence-electron chi connectivity index (χ2n) is 8.84. The van der Waals surface area contributed by atoms with Gasteiger partial charge in [0.15, 0.2) is 0 Å². The molecule has 0 aliphatic carbocycles. The first-order valence-corrected chi connectivity index (χ1v) is 12.2. The van der Waals surface area contributed by atoms with E-state index < -0.39 is 0 Å². The van der Waals surface area contributed by atoms with Gasteiger partial charge in [-0.05, 0) is 73.6 Å². The maximum absolute atomic E-state index is 14.3.